The zero-order valence-electron chi connectivity index (χ0n) is 13.9. The van der Waals surface area contributed by atoms with E-state index in [0.29, 0.717) is 13.0 Å². The number of rotatable bonds is 11. The van der Waals surface area contributed by atoms with Gasteiger partial charge < -0.3 is 15.3 Å². The van der Waals surface area contributed by atoms with E-state index in [9.17, 15) is 9.90 Å². The molecule has 2 atom stereocenters. The predicted octanol–water partition coefficient (Wildman–Crippen LogP) is 2.70. The molecule has 1 aliphatic rings. The molecule has 4 nitrogen and oxygen atoms in total. The molecule has 0 spiro atoms. The van der Waals surface area contributed by atoms with E-state index in [2.05, 4.69) is 19.2 Å². The quantitative estimate of drug-likeness (QED) is 0.577. The van der Waals surface area contributed by atoms with Gasteiger partial charge in [-0.1, -0.05) is 52.4 Å². The standard InChI is InChI=1S/C17H34N2O2/c1-3-5-7-9-11-19(12-10-8-6-4-2)17(21)16-13-15(20)14-18-16/h15-16,18,20H,3-14H2,1-2H3. The van der Waals surface area contributed by atoms with Crippen LogP contribution in [0.5, 0.6) is 0 Å². The van der Waals surface area contributed by atoms with Crippen LogP contribution in [-0.2, 0) is 4.79 Å². The van der Waals surface area contributed by atoms with E-state index >= 15 is 0 Å². The summed E-state index contributed by atoms with van der Waals surface area (Å²) in [5, 5.41) is 12.7. The minimum Gasteiger partial charge on any atom is -0.392 e. The molecule has 0 radical (unpaired) electrons. The Balaban J connectivity index is 2.39. The van der Waals surface area contributed by atoms with Crippen molar-refractivity contribution in [2.75, 3.05) is 19.6 Å². The van der Waals surface area contributed by atoms with E-state index in [-0.39, 0.29) is 18.1 Å². The molecule has 0 aromatic carbocycles. The van der Waals surface area contributed by atoms with E-state index in [1.807, 2.05) is 4.90 Å². The highest BCUT2D eigenvalue weighted by Gasteiger charge is 2.30. The zero-order chi connectivity index (χ0) is 15.5. The van der Waals surface area contributed by atoms with Crippen LogP contribution in [0.3, 0.4) is 0 Å². The van der Waals surface area contributed by atoms with E-state index in [1.165, 1.54) is 38.5 Å². The summed E-state index contributed by atoms with van der Waals surface area (Å²) in [6.45, 7) is 6.71. The third-order valence-electron chi connectivity index (χ3n) is 4.28. The molecular formula is C17H34N2O2. The molecule has 0 aliphatic carbocycles. The first kappa shape index (κ1) is 18.4. The number of aliphatic hydroxyl groups is 1. The van der Waals surface area contributed by atoms with Crippen molar-refractivity contribution >= 4 is 5.91 Å². The number of nitrogens with one attached hydrogen (secondary N) is 1. The summed E-state index contributed by atoms with van der Waals surface area (Å²) >= 11 is 0. The highest BCUT2D eigenvalue weighted by Crippen LogP contribution is 2.12. The Morgan fingerprint density at radius 1 is 1.05 bits per heavy atom. The fraction of sp³-hybridized carbons (Fsp3) is 0.941. The minimum atomic E-state index is -0.360. The van der Waals surface area contributed by atoms with E-state index in [0.717, 1.165) is 25.9 Å². The summed E-state index contributed by atoms with van der Waals surface area (Å²) in [7, 11) is 0. The Hall–Kier alpha value is -0.610. The largest absolute Gasteiger partial charge is 0.392 e. The van der Waals surface area contributed by atoms with Crippen LogP contribution in [0.15, 0.2) is 0 Å². The summed E-state index contributed by atoms with van der Waals surface area (Å²) in [6.07, 6.45) is 9.76. The van der Waals surface area contributed by atoms with E-state index in [1.54, 1.807) is 0 Å². The van der Waals surface area contributed by atoms with Crippen LogP contribution in [0, 0.1) is 0 Å². The molecular weight excluding hydrogens is 264 g/mol. The summed E-state index contributed by atoms with van der Waals surface area (Å²) in [4.78, 5) is 14.6. The average Bonchev–Trinajstić information content (AvgIpc) is 2.91. The first-order chi connectivity index (χ1) is 10.2. The van der Waals surface area contributed by atoms with E-state index in [4.69, 9.17) is 0 Å². The Morgan fingerprint density at radius 2 is 1.62 bits per heavy atom. The maximum Gasteiger partial charge on any atom is 0.239 e. The molecule has 1 saturated heterocycles. The summed E-state index contributed by atoms with van der Waals surface area (Å²) in [5.74, 6) is 0.194. The first-order valence-electron chi connectivity index (χ1n) is 8.89. The Labute approximate surface area is 130 Å². The SMILES string of the molecule is CCCCCCN(CCCCCC)C(=O)C1CC(O)CN1. The molecule has 124 valence electrons. The normalized spacial score (nSPS) is 21.7. The predicted molar refractivity (Wildman–Crippen MR) is 87.3 cm³/mol. The molecule has 1 fully saturated rings. The van der Waals surface area contributed by atoms with Crippen molar-refractivity contribution in [1.82, 2.24) is 10.2 Å². The van der Waals surface area contributed by atoms with Gasteiger partial charge in [0.05, 0.1) is 12.1 Å². The van der Waals surface area contributed by atoms with Crippen LogP contribution in [0.2, 0.25) is 0 Å². The molecule has 0 aromatic heterocycles. The van der Waals surface area contributed by atoms with Gasteiger partial charge in [0.1, 0.15) is 0 Å². The van der Waals surface area contributed by atoms with Crippen LogP contribution in [0.25, 0.3) is 0 Å². The fourth-order valence-electron chi connectivity index (χ4n) is 2.92. The summed E-state index contributed by atoms with van der Waals surface area (Å²) in [6, 6.07) is -0.169. The monoisotopic (exact) mass is 298 g/mol. The van der Waals surface area contributed by atoms with Crippen molar-refractivity contribution in [3.63, 3.8) is 0 Å². The fourth-order valence-corrected chi connectivity index (χ4v) is 2.92. The second kappa shape index (κ2) is 11.0. The maximum atomic E-state index is 12.6. The smallest absolute Gasteiger partial charge is 0.239 e. The van der Waals surface area contributed by atoms with Crippen molar-refractivity contribution in [3.8, 4) is 0 Å². The Kier molecular flexibility index (Phi) is 9.68. The molecule has 1 rings (SSSR count). The lowest BCUT2D eigenvalue weighted by atomic mass is 10.1. The third kappa shape index (κ3) is 7.28. The lowest BCUT2D eigenvalue weighted by molar-refractivity contribution is -0.133. The number of nitrogens with zero attached hydrogens (tertiary/aromatic N) is 1. The number of β-amino-alcohol motifs (C(OH)–C–C–N with tert-alkyl or cyclic N) is 1. The number of carbonyl (C=O) groups is 1. The van der Waals surface area contributed by atoms with E-state index < -0.39 is 0 Å². The van der Waals surface area contributed by atoms with Crippen molar-refractivity contribution in [1.29, 1.82) is 0 Å². The Morgan fingerprint density at radius 3 is 2.05 bits per heavy atom. The molecule has 0 aromatic rings. The topological polar surface area (TPSA) is 52.6 Å². The number of aliphatic hydroxyl groups excluding tert-OH is 1. The lowest BCUT2D eigenvalue weighted by Crippen LogP contribution is -2.44. The van der Waals surface area contributed by atoms with Gasteiger partial charge in [0.2, 0.25) is 5.91 Å². The molecule has 2 unspecified atom stereocenters. The summed E-state index contributed by atoms with van der Waals surface area (Å²) < 4.78 is 0. The summed E-state index contributed by atoms with van der Waals surface area (Å²) in [5.41, 5.74) is 0. The lowest BCUT2D eigenvalue weighted by Gasteiger charge is -2.26. The van der Waals surface area contributed by atoms with Crippen LogP contribution in [-0.4, -0.2) is 47.7 Å². The van der Waals surface area contributed by atoms with Crippen LogP contribution in [0.1, 0.15) is 71.6 Å². The first-order valence-corrected chi connectivity index (χ1v) is 8.89. The van der Waals surface area contributed by atoms with Gasteiger partial charge >= 0.3 is 0 Å². The highest BCUT2D eigenvalue weighted by molar-refractivity contribution is 5.82. The average molecular weight is 298 g/mol. The van der Waals surface area contributed by atoms with Crippen molar-refractivity contribution in [2.45, 2.75) is 83.8 Å². The van der Waals surface area contributed by atoms with Gasteiger partial charge in [-0.3, -0.25) is 4.79 Å². The van der Waals surface area contributed by atoms with Gasteiger partial charge in [-0.2, -0.15) is 0 Å². The number of unbranched alkanes of at least 4 members (excludes halogenated alkanes) is 6. The van der Waals surface area contributed by atoms with Crippen LogP contribution < -0.4 is 5.32 Å². The number of hydrogen-bond donors (Lipinski definition) is 2. The molecule has 1 aliphatic heterocycles. The van der Waals surface area contributed by atoms with Crippen molar-refractivity contribution in [2.24, 2.45) is 0 Å². The van der Waals surface area contributed by atoms with Crippen LogP contribution >= 0.6 is 0 Å². The van der Waals surface area contributed by atoms with Gasteiger partial charge in [-0.25, -0.2) is 0 Å². The number of carbonyl (C=O) groups excluding carboxylic acids is 1. The Bertz CT molecular complexity index is 272. The number of hydrogen-bond acceptors (Lipinski definition) is 3. The highest BCUT2D eigenvalue weighted by atomic mass is 16.3. The molecule has 1 heterocycles. The molecule has 2 N–H and O–H groups in total. The molecule has 0 saturated carbocycles. The van der Waals surface area contributed by atoms with Gasteiger partial charge in [0.25, 0.3) is 0 Å². The number of amides is 1. The van der Waals surface area contributed by atoms with Gasteiger partial charge in [-0.05, 0) is 19.3 Å². The second-order valence-corrected chi connectivity index (χ2v) is 6.30. The maximum absolute atomic E-state index is 12.6. The van der Waals surface area contributed by atoms with Gasteiger partial charge in [-0.15, -0.1) is 0 Å². The molecule has 0 bridgehead atoms. The van der Waals surface area contributed by atoms with Crippen molar-refractivity contribution in [3.05, 3.63) is 0 Å². The van der Waals surface area contributed by atoms with Gasteiger partial charge in [0, 0.05) is 19.6 Å². The third-order valence-corrected chi connectivity index (χ3v) is 4.28. The molecule has 1 amide bonds. The van der Waals surface area contributed by atoms with Crippen molar-refractivity contribution < 1.29 is 9.90 Å². The molecule has 4 heteroatoms. The minimum absolute atomic E-state index is 0.169. The second-order valence-electron chi connectivity index (χ2n) is 6.30. The van der Waals surface area contributed by atoms with Gasteiger partial charge in [0.15, 0.2) is 0 Å². The zero-order valence-corrected chi connectivity index (χ0v) is 13.9. The van der Waals surface area contributed by atoms with Crippen LogP contribution in [0.4, 0.5) is 0 Å². The molecule has 21 heavy (non-hydrogen) atoms.